The predicted molar refractivity (Wildman–Crippen MR) is 91.6 cm³/mol. The summed E-state index contributed by atoms with van der Waals surface area (Å²) < 4.78 is 37.8. The summed E-state index contributed by atoms with van der Waals surface area (Å²) in [6.07, 6.45) is -3.79. The van der Waals surface area contributed by atoms with Gasteiger partial charge in [0.15, 0.2) is 0 Å². The molecular formula is C19H19F3N2O2. The highest BCUT2D eigenvalue weighted by Crippen LogP contribution is 2.31. The van der Waals surface area contributed by atoms with E-state index in [0.717, 1.165) is 28.8 Å². The summed E-state index contributed by atoms with van der Waals surface area (Å²) in [6.45, 7) is 1.21. The van der Waals surface area contributed by atoms with E-state index in [1.165, 1.54) is 12.1 Å². The molecule has 1 aliphatic heterocycles. The highest BCUT2D eigenvalue weighted by atomic mass is 19.4. The second kappa shape index (κ2) is 7.47. The molecule has 3 N–H and O–H groups in total. The lowest BCUT2D eigenvalue weighted by Crippen LogP contribution is -2.30. The summed E-state index contributed by atoms with van der Waals surface area (Å²) in [5.74, 6) is -0.838. The molecule has 2 atom stereocenters. The minimum Gasteiger partial charge on any atom is -0.480 e. The van der Waals surface area contributed by atoms with Crippen LogP contribution >= 0.6 is 0 Å². The number of aliphatic carboxylic acids is 1. The van der Waals surface area contributed by atoms with Gasteiger partial charge in [0.2, 0.25) is 0 Å². The van der Waals surface area contributed by atoms with Gasteiger partial charge in [-0.15, -0.1) is 0 Å². The van der Waals surface area contributed by atoms with Crippen LogP contribution in [0, 0.1) is 0 Å². The van der Waals surface area contributed by atoms with Crippen molar-refractivity contribution in [3.05, 3.63) is 59.7 Å². The number of nitrogens with one attached hydrogen (secondary N) is 2. The van der Waals surface area contributed by atoms with Crippen LogP contribution in [0.1, 0.15) is 17.5 Å². The molecule has 26 heavy (non-hydrogen) atoms. The zero-order valence-corrected chi connectivity index (χ0v) is 13.9. The Balaban J connectivity index is 1.58. The minimum atomic E-state index is -4.33. The number of carboxylic acids is 1. The van der Waals surface area contributed by atoms with Gasteiger partial charge in [-0.05, 0) is 35.2 Å². The van der Waals surface area contributed by atoms with Gasteiger partial charge in [-0.25, -0.2) is 0 Å². The Hall–Kier alpha value is -2.38. The Morgan fingerprint density at radius 3 is 2.15 bits per heavy atom. The van der Waals surface area contributed by atoms with Crippen molar-refractivity contribution < 1.29 is 23.1 Å². The first kappa shape index (κ1) is 18.4. The van der Waals surface area contributed by atoms with E-state index in [-0.39, 0.29) is 6.04 Å². The molecule has 0 saturated carbocycles. The molecule has 1 aliphatic rings. The Bertz CT molecular complexity index is 758. The molecule has 2 aromatic rings. The molecule has 138 valence electrons. The van der Waals surface area contributed by atoms with Crippen molar-refractivity contribution >= 4 is 5.97 Å². The van der Waals surface area contributed by atoms with E-state index in [0.29, 0.717) is 19.5 Å². The maximum atomic E-state index is 12.6. The van der Waals surface area contributed by atoms with E-state index in [2.05, 4.69) is 10.6 Å². The van der Waals surface area contributed by atoms with Gasteiger partial charge in [-0.1, -0.05) is 36.4 Å². The topological polar surface area (TPSA) is 61.4 Å². The number of benzene rings is 2. The van der Waals surface area contributed by atoms with E-state index < -0.39 is 23.8 Å². The Labute approximate surface area is 149 Å². The van der Waals surface area contributed by atoms with E-state index in [9.17, 15) is 18.0 Å². The molecule has 7 heteroatoms. The summed E-state index contributed by atoms with van der Waals surface area (Å²) >= 11 is 0. The monoisotopic (exact) mass is 364 g/mol. The summed E-state index contributed by atoms with van der Waals surface area (Å²) in [6, 6.07) is 12.2. The summed E-state index contributed by atoms with van der Waals surface area (Å²) in [5, 5.41) is 15.2. The predicted octanol–water partition coefficient (Wildman–Crippen LogP) is 3.28. The summed E-state index contributed by atoms with van der Waals surface area (Å²) in [7, 11) is 0. The fourth-order valence-corrected chi connectivity index (χ4v) is 3.01. The average molecular weight is 364 g/mol. The van der Waals surface area contributed by atoms with Crippen molar-refractivity contribution in [3.63, 3.8) is 0 Å². The van der Waals surface area contributed by atoms with Crippen LogP contribution in [0.25, 0.3) is 11.1 Å². The van der Waals surface area contributed by atoms with Crippen molar-refractivity contribution in [1.29, 1.82) is 0 Å². The smallest absolute Gasteiger partial charge is 0.416 e. The third kappa shape index (κ3) is 4.42. The Morgan fingerprint density at radius 1 is 1.08 bits per heavy atom. The standard InChI is InChI=1S/C19H19F3N2O2/c20-19(21,22)15-7-5-14(6-8-15)13-3-1-12(2-4-13)10-23-16-9-17(18(25)26)24-11-16/h1-8,16-17,23-24H,9-11H2,(H,25,26)/t16-,17-/m0/s1. The normalized spacial score (nSPS) is 20.3. The lowest BCUT2D eigenvalue weighted by atomic mass is 10.0. The maximum Gasteiger partial charge on any atom is 0.416 e. The Morgan fingerprint density at radius 2 is 1.65 bits per heavy atom. The molecule has 1 heterocycles. The molecule has 0 unspecified atom stereocenters. The molecule has 4 nitrogen and oxygen atoms in total. The van der Waals surface area contributed by atoms with Crippen LogP contribution in [0.2, 0.25) is 0 Å². The van der Waals surface area contributed by atoms with Crippen molar-refractivity contribution in [2.75, 3.05) is 6.54 Å². The molecule has 0 aliphatic carbocycles. The van der Waals surface area contributed by atoms with E-state index in [4.69, 9.17) is 5.11 Å². The van der Waals surface area contributed by atoms with Gasteiger partial charge >= 0.3 is 12.1 Å². The van der Waals surface area contributed by atoms with E-state index in [1.54, 1.807) is 0 Å². The van der Waals surface area contributed by atoms with Crippen molar-refractivity contribution in [2.45, 2.75) is 31.2 Å². The number of hydrogen-bond donors (Lipinski definition) is 3. The first-order chi connectivity index (χ1) is 12.3. The minimum absolute atomic E-state index is 0.102. The molecule has 0 bridgehead atoms. The highest BCUT2D eigenvalue weighted by molar-refractivity contribution is 5.74. The number of alkyl halides is 3. The van der Waals surface area contributed by atoms with Crippen LogP contribution in [0.4, 0.5) is 13.2 Å². The average Bonchev–Trinajstić information content (AvgIpc) is 3.09. The van der Waals surface area contributed by atoms with Crippen LogP contribution in [-0.2, 0) is 17.5 Å². The van der Waals surface area contributed by atoms with Gasteiger partial charge in [0.25, 0.3) is 0 Å². The molecule has 0 amide bonds. The van der Waals surface area contributed by atoms with Crippen molar-refractivity contribution in [2.24, 2.45) is 0 Å². The second-order valence-corrected chi connectivity index (χ2v) is 6.38. The molecule has 1 fully saturated rings. The molecule has 0 aromatic heterocycles. The molecule has 0 spiro atoms. The van der Waals surface area contributed by atoms with Crippen molar-refractivity contribution in [1.82, 2.24) is 10.6 Å². The van der Waals surface area contributed by atoms with E-state index >= 15 is 0 Å². The lowest BCUT2D eigenvalue weighted by molar-refractivity contribution is -0.139. The SMILES string of the molecule is O=C(O)[C@@H]1C[C@H](NCc2ccc(-c3ccc(C(F)(F)F)cc3)cc2)CN1. The van der Waals surface area contributed by atoms with Crippen LogP contribution in [-0.4, -0.2) is 29.7 Å². The lowest BCUT2D eigenvalue weighted by Gasteiger charge is -2.12. The fourth-order valence-electron chi connectivity index (χ4n) is 3.01. The summed E-state index contributed by atoms with van der Waals surface area (Å²) in [5.41, 5.74) is 1.93. The Kier molecular flexibility index (Phi) is 5.29. The van der Waals surface area contributed by atoms with Gasteiger partial charge in [-0.3, -0.25) is 4.79 Å². The van der Waals surface area contributed by atoms with Gasteiger partial charge in [0.05, 0.1) is 5.56 Å². The maximum absolute atomic E-state index is 12.6. The number of halogens is 3. The van der Waals surface area contributed by atoms with E-state index in [1.807, 2.05) is 24.3 Å². The number of hydrogen-bond acceptors (Lipinski definition) is 3. The fraction of sp³-hybridized carbons (Fsp3) is 0.316. The largest absolute Gasteiger partial charge is 0.480 e. The zero-order chi connectivity index (χ0) is 18.7. The van der Waals surface area contributed by atoms with Crippen LogP contribution in [0.15, 0.2) is 48.5 Å². The molecule has 0 radical (unpaired) electrons. The summed E-state index contributed by atoms with van der Waals surface area (Å²) in [4.78, 5) is 10.9. The third-order valence-electron chi connectivity index (χ3n) is 4.52. The molecule has 3 rings (SSSR count). The third-order valence-corrected chi connectivity index (χ3v) is 4.52. The van der Waals surface area contributed by atoms with Gasteiger partial charge < -0.3 is 15.7 Å². The number of carboxylic acid groups (broad SMARTS) is 1. The molecular weight excluding hydrogens is 345 g/mol. The highest BCUT2D eigenvalue weighted by Gasteiger charge is 2.30. The molecule has 1 saturated heterocycles. The van der Waals surface area contributed by atoms with Crippen LogP contribution in [0.3, 0.4) is 0 Å². The van der Waals surface area contributed by atoms with Gasteiger partial charge in [0.1, 0.15) is 6.04 Å². The first-order valence-corrected chi connectivity index (χ1v) is 8.29. The zero-order valence-electron chi connectivity index (χ0n) is 13.9. The van der Waals surface area contributed by atoms with Gasteiger partial charge in [0, 0.05) is 19.1 Å². The quantitative estimate of drug-likeness (QED) is 0.762. The second-order valence-electron chi connectivity index (χ2n) is 6.38. The van der Waals surface area contributed by atoms with Crippen LogP contribution in [0.5, 0.6) is 0 Å². The number of rotatable bonds is 5. The van der Waals surface area contributed by atoms with Crippen LogP contribution < -0.4 is 10.6 Å². The van der Waals surface area contributed by atoms with Crippen molar-refractivity contribution in [3.8, 4) is 11.1 Å². The number of carbonyl (C=O) groups is 1. The van der Waals surface area contributed by atoms with Gasteiger partial charge in [-0.2, -0.15) is 13.2 Å². The first-order valence-electron chi connectivity index (χ1n) is 8.29. The molecule has 2 aromatic carbocycles.